The van der Waals surface area contributed by atoms with Crippen LogP contribution >= 0.6 is 46.3 Å². The third-order valence-corrected chi connectivity index (χ3v) is 9.05. The van der Waals surface area contributed by atoms with Gasteiger partial charge in [0.1, 0.15) is 5.75 Å². The fourth-order valence-corrected chi connectivity index (χ4v) is 6.77. The molecule has 1 aliphatic rings. The van der Waals surface area contributed by atoms with E-state index in [9.17, 15) is 14.7 Å². The predicted octanol–water partition coefficient (Wildman–Crippen LogP) is 8.08. The summed E-state index contributed by atoms with van der Waals surface area (Å²) in [7, 11) is 0. The number of ketones is 1. The number of aliphatic hydroxyl groups is 1. The molecular formula is C29H25Cl2N3O5S2. The Morgan fingerprint density at radius 3 is 2.76 bits per heavy atom. The van der Waals surface area contributed by atoms with Gasteiger partial charge in [-0.2, -0.15) is 0 Å². The van der Waals surface area contributed by atoms with Crippen molar-refractivity contribution >= 4 is 63.1 Å². The van der Waals surface area contributed by atoms with E-state index in [2.05, 4.69) is 17.1 Å². The molecule has 1 aliphatic heterocycles. The highest BCUT2D eigenvalue weighted by atomic mass is 35.5. The molecule has 0 radical (unpaired) electrons. The summed E-state index contributed by atoms with van der Waals surface area (Å²) in [5.74, 6) is -0.915. The van der Waals surface area contributed by atoms with E-state index in [1.54, 1.807) is 36.4 Å². The normalized spacial score (nSPS) is 15.1. The summed E-state index contributed by atoms with van der Waals surface area (Å²) >= 11 is 14.9. The van der Waals surface area contributed by atoms with Crippen LogP contribution in [-0.4, -0.2) is 33.6 Å². The number of amides is 1. The number of hydrogen-bond acceptors (Lipinski definition) is 9. The molecule has 4 aromatic rings. The highest BCUT2D eigenvalue weighted by molar-refractivity contribution is 8.00. The molecule has 12 heteroatoms. The molecule has 0 aliphatic carbocycles. The largest absolute Gasteiger partial charge is 0.503 e. The van der Waals surface area contributed by atoms with Crippen molar-refractivity contribution in [2.24, 2.45) is 0 Å². The smallest absolute Gasteiger partial charge is 0.296 e. The standard InChI is InChI=1S/C29H25Cl2N3O5S2/c1-2-3-4-12-38-20-8-5-7-17(14-20)24-23(25(35)22-9-6-13-39-22)26(36)27(37)34(24)28-32-33-29(41-28)40-16-18-10-11-19(30)15-21(18)31/h5-11,13-15,24,36H,2-4,12,16H2,1H3. The van der Waals surface area contributed by atoms with Crippen LogP contribution in [0.15, 0.2) is 80.9 Å². The van der Waals surface area contributed by atoms with Crippen LogP contribution in [0.2, 0.25) is 10.0 Å². The first kappa shape index (κ1) is 29.2. The van der Waals surface area contributed by atoms with Crippen LogP contribution in [0.5, 0.6) is 5.75 Å². The van der Waals surface area contributed by atoms with Gasteiger partial charge in [-0.15, -0.1) is 10.2 Å². The van der Waals surface area contributed by atoms with E-state index in [0.29, 0.717) is 38.1 Å². The maximum absolute atomic E-state index is 13.5. The van der Waals surface area contributed by atoms with E-state index >= 15 is 0 Å². The van der Waals surface area contributed by atoms with Gasteiger partial charge in [0.25, 0.3) is 5.91 Å². The molecule has 2 aromatic carbocycles. The van der Waals surface area contributed by atoms with Gasteiger partial charge in [-0.3, -0.25) is 14.5 Å². The minimum atomic E-state index is -0.976. The molecule has 2 aromatic heterocycles. The van der Waals surface area contributed by atoms with Crippen LogP contribution < -0.4 is 9.64 Å². The molecule has 0 bridgehead atoms. The lowest BCUT2D eigenvalue weighted by Gasteiger charge is -2.24. The first-order valence-corrected chi connectivity index (χ1v) is 15.4. The number of thioether (sulfide) groups is 1. The van der Waals surface area contributed by atoms with Crippen molar-refractivity contribution in [2.75, 3.05) is 11.5 Å². The van der Waals surface area contributed by atoms with Crippen LogP contribution in [0.25, 0.3) is 0 Å². The Labute approximate surface area is 254 Å². The topological polar surface area (TPSA) is 106 Å². The van der Waals surface area contributed by atoms with Gasteiger partial charge in [-0.1, -0.05) is 84.3 Å². The number of hydrogen-bond donors (Lipinski definition) is 1. The third-order valence-electron chi connectivity index (χ3n) is 6.36. The molecule has 8 nitrogen and oxygen atoms in total. The Kier molecular flexibility index (Phi) is 9.34. The average Bonchev–Trinajstić information content (AvgIpc) is 3.72. The number of rotatable bonds is 12. The number of furan rings is 1. The molecule has 0 spiro atoms. The molecule has 1 atom stereocenters. The molecule has 0 saturated carbocycles. The fourth-order valence-electron chi connectivity index (χ4n) is 4.34. The maximum Gasteiger partial charge on any atom is 0.296 e. The summed E-state index contributed by atoms with van der Waals surface area (Å²) in [6.45, 7) is 2.66. The Balaban J connectivity index is 1.46. The summed E-state index contributed by atoms with van der Waals surface area (Å²) in [4.78, 5) is 28.3. The number of benzene rings is 2. The second-order valence-corrected chi connectivity index (χ2v) is 12.2. The molecule has 0 saturated heterocycles. The molecule has 1 amide bonds. The first-order chi connectivity index (χ1) is 19.9. The molecule has 1 N–H and O–H groups in total. The highest BCUT2D eigenvalue weighted by Crippen LogP contribution is 2.44. The van der Waals surface area contributed by atoms with Gasteiger partial charge in [-0.05, 0) is 53.9 Å². The number of aromatic nitrogens is 2. The summed E-state index contributed by atoms with van der Waals surface area (Å²) < 4.78 is 11.8. The number of nitrogens with zero attached hydrogens (tertiary/aromatic N) is 3. The van der Waals surface area contributed by atoms with Crippen molar-refractivity contribution in [1.82, 2.24) is 10.2 Å². The molecule has 3 heterocycles. The molecule has 0 fully saturated rings. The zero-order valence-electron chi connectivity index (χ0n) is 21.9. The Morgan fingerprint density at radius 1 is 1.15 bits per heavy atom. The zero-order valence-corrected chi connectivity index (χ0v) is 25.0. The number of ether oxygens (including phenoxy) is 1. The van der Waals surface area contributed by atoms with Crippen molar-refractivity contribution in [1.29, 1.82) is 0 Å². The van der Waals surface area contributed by atoms with E-state index in [0.717, 1.165) is 24.8 Å². The van der Waals surface area contributed by atoms with E-state index < -0.39 is 23.5 Å². The number of carbonyl (C=O) groups excluding carboxylic acids is 2. The van der Waals surface area contributed by atoms with Gasteiger partial charge in [0, 0.05) is 15.8 Å². The van der Waals surface area contributed by atoms with Crippen molar-refractivity contribution in [3.05, 3.63) is 99.1 Å². The number of unbranched alkanes of at least 4 members (excludes halogenated alkanes) is 2. The lowest BCUT2D eigenvalue weighted by atomic mass is 9.95. The monoisotopic (exact) mass is 629 g/mol. The van der Waals surface area contributed by atoms with Crippen molar-refractivity contribution in [3.63, 3.8) is 0 Å². The van der Waals surface area contributed by atoms with Crippen molar-refractivity contribution < 1.29 is 23.8 Å². The maximum atomic E-state index is 13.5. The van der Waals surface area contributed by atoms with Gasteiger partial charge in [0.05, 0.1) is 24.5 Å². The number of aliphatic hydroxyl groups excluding tert-OH is 1. The van der Waals surface area contributed by atoms with Crippen LogP contribution in [-0.2, 0) is 10.5 Å². The lowest BCUT2D eigenvalue weighted by molar-refractivity contribution is -0.117. The fraction of sp³-hybridized carbons (Fsp3) is 0.241. The molecule has 212 valence electrons. The number of carbonyl (C=O) groups is 2. The van der Waals surface area contributed by atoms with Crippen LogP contribution in [0.3, 0.4) is 0 Å². The Bertz CT molecular complexity index is 1590. The van der Waals surface area contributed by atoms with Crippen LogP contribution in [0.4, 0.5) is 5.13 Å². The molecule has 5 rings (SSSR count). The van der Waals surface area contributed by atoms with E-state index in [4.69, 9.17) is 32.4 Å². The van der Waals surface area contributed by atoms with E-state index in [-0.39, 0.29) is 16.5 Å². The lowest BCUT2D eigenvalue weighted by Crippen LogP contribution is -2.31. The quantitative estimate of drug-likeness (QED) is 0.0725. The number of anilines is 1. The summed E-state index contributed by atoms with van der Waals surface area (Å²) in [6.07, 6.45) is 4.38. The van der Waals surface area contributed by atoms with Gasteiger partial charge >= 0.3 is 0 Å². The first-order valence-electron chi connectivity index (χ1n) is 12.8. The van der Waals surface area contributed by atoms with Gasteiger partial charge in [0.2, 0.25) is 10.9 Å². The van der Waals surface area contributed by atoms with E-state index in [1.807, 2.05) is 12.1 Å². The molecular weight excluding hydrogens is 605 g/mol. The second kappa shape index (κ2) is 13.1. The predicted molar refractivity (Wildman–Crippen MR) is 160 cm³/mol. The molecule has 1 unspecified atom stereocenters. The summed E-state index contributed by atoms with van der Waals surface area (Å²) in [5, 5.41) is 20.8. The van der Waals surface area contributed by atoms with Crippen molar-refractivity contribution in [2.45, 2.75) is 42.3 Å². The van der Waals surface area contributed by atoms with Gasteiger partial charge in [0.15, 0.2) is 15.9 Å². The summed E-state index contributed by atoms with van der Waals surface area (Å²) in [6, 6.07) is 14.5. The Morgan fingerprint density at radius 2 is 2.00 bits per heavy atom. The van der Waals surface area contributed by atoms with Crippen molar-refractivity contribution in [3.8, 4) is 5.75 Å². The Hall–Kier alpha value is -3.31. The number of halogens is 2. The zero-order chi connectivity index (χ0) is 28.9. The summed E-state index contributed by atoms with van der Waals surface area (Å²) in [5.41, 5.74) is 1.34. The second-order valence-electron chi connectivity index (χ2n) is 9.15. The van der Waals surface area contributed by atoms with Crippen LogP contribution in [0.1, 0.15) is 53.9 Å². The molecule has 41 heavy (non-hydrogen) atoms. The minimum Gasteiger partial charge on any atom is -0.503 e. The third kappa shape index (κ3) is 6.46. The number of Topliss-reactive ketones (excluding diaryl/α,β-unsaturated/α-hetero) is 1. The van der Waals surface area contributed by atoms with Crippen LogP contribution in [0, 0.1) is 0 Å². The average molecular weight is 631 g/mol. The minimum absolute atomic E-state index is 0.00604. The highest BCUT2D eigenvalue weighted by Gasteiger charge is 2.46. The van der Waals surface area contributed by atoms with E-state index in [1.165, 1.54) is 40.3 Å². The SMILES string of the molecule is CCCCCOc1cccc(C2C(C(=O)c3ccco3)=C(O)C(=O)N2c2nnc(SCc3ccc(Cl)cc3Cl)s2)c1. The van der Waals surface area contributed by atoms with Gasteiger partial charge < -0.3 is 14.3 Å². The van der Waals surface area contributed by atoms with Gasteiger partial charge in [-0.25, -0.2) is 0 Å².